The highest BCUT2D eigenvalue weighted by Crippen LogP contribution is 2.20. The van der Waals surface area contributed by atoms with Crippen molar-refractivity contribution in [2.24, 2.45) is 0 Å². The summed E-state index contributed by atoms with van der Waals surface area (Å²) >= 11 is 0. The van der Waals surface area contributed by atoms with Gasteiger partial charge in [-0.1, -0.05) is 17.7 Å². The summed E-state index contributed by atoms with van der Waals surface area (Å²) in [5.74, 6) is 0.177. The van der Waals surface area contributed by atoms with Crippen LogP contribution in [0.1, 0.15) is 27.0 Å². The normalized spacial score (nSPS) is 22.7. The largest absolute Gasteiger partial charge is 0.377 e. The second-order valence-electron chi connectivity index (χ2n) is 5.94. The topological polar surface area (TPSA) is 38.8 Å². The van der Waals surface area contributed by atoms with E-state index in [1.54, 1.807) is 14.2 Å². The Balaban J connectivity index is 2.09. The molecule has 0 saturated carbocycles. The van der Waals surface area contributed by atoms with Crippen LogP contribution in [0, 0.1) is 20.8 Å². The minimum absolute atomic E-state index is 0.0445. The van der Waals surface area contributed by atoms with Crippen LogP contribution in [0.4, 0.5) is 0 Å². The maximum absolute atomic E-state index is 12.6. The maximum atomic E-state index is 12.6. The average molecular weight is 291 g/mol. The van der Waals surface area contributed by atoms with Crippen LogP contribution in [0.5, 0.6) is 0 Å². The third kappa shape index (κ3) is 3.51. The molecule has 0 aliphatic carbocycles. The van der Waals surface area contributed by atoms with Gasteiger partial charge in [0.25, 0.3) is 0 Å². The molecule has 2 atom stereocenters. The van der Waals surface area contributed by atoms with Gasteiger partial charge < -0.3 is 9.47 Å². The molecule has 4 nitrogen and oxygen atoms in total. The number of methoxy groups -OCH3 is 2. The molecular weight excluding hydrogens is 266 g/mol. The highest BCUT2D eigenvalue weighted by molar-refractivity contribution is 6.00. The number of likely N-dealkylation sites (tertiary alicyclic amines) is 1. The molecule has 4 heteroatoms. The van der Waals surface area contributed by atoms with E-state index in [0.717, 1.165) is 29.8 Å². The zero-order valence-electron chi connectivity index (χ0n) is 13.6. The van der Waals surface area contributed by atoms with E-state index in [9.17, 15) is 4.79 Å². The van der Waals surface area contributed by atoms with Gasteiger partial charge in [0, 0.05) is 32.9 Å². The number of benzene rings is 1. The molecule has 0 spiro atoms. The van der Waals surface area contributed by atoms with E-state index in [0.29, 0.717) is 6.54 Å². The number of hydrogen-bond donors (Lipinski definition) is 0. The molecule has 0 radical (unpaired) electrons. The van der Waals surface area contributed by atoms with Gasteiger partial charge in [-0.05, 0) is 31.9 Å². The Morgan fingerprint density at radius 1 is 1.10 bits per heavy atom. The summed E-state index contributed by atoms with van der Waals surface area (Å²) < 4.78 is 10.8. The molecule has 1 aromatic rings. The highest BCUT2D eigenvalue weighted by atomic mass is 16.5. The first-order chi connectivity index (χ1) is 9.96. The molecule has 0 aromatic heterocycles. The summed E-state index contributed by atoms with van der Waals surface area (Å²) in [7, 11) is 3.38. The van der Waals surface area contributed by atoms with Crippen LogP contribution in [0.3, 0.4) is 0 Å². The second-order valence-corrected chi connectivity index (χ2v) is 5.94. The Morgan fingerprint density at radius 3 is 2.00 bits per heavy atom. The van der Waals surface area contributed by atoms with Gasteiger partial charge in [-0.3, -0.25) is 9.69 Å². The Labute approximate surface area is 127 Å². The molecule has 1 aromatic carbocycles. The van der Waals surface area contributed by atoms with Crippen LogP contribution in [0.15, 0.2) is 12.1 Å². The van der Waals surface area contributed by atoms with Gasteiger partial charge in [0.1, 0.15) is 0 Å². The zero-order chi connectivity index (χ0) is 15.6. The molecule has 116 valence electrons. The number of carbonyl (C=O) groups is 1. The Kier molecular flexibility index (Phi) is 5.14. The number of ether oxygens (including phenoxy) is 2. The molecule has 0 bridgehead atoms. The monoisotopic (exact) mass is 291 g/mol. The number of hydrogen-bond acceptors (Lipinski definition) is 4. The van der Waals surface area contributed by atoms with Gasteiger partial charge in [0.2, 0.25) is 0 Å². The predicted octanol–water partition coefficient (Wildman–Crippen LogP) is 2.14. The van der Waals surface area contributed by atoms with Crippen molar-refractivity contribution in [2.75, 3.05) is 33.9 Å². The van der Waals surface area contributed by atoms with Gasteiger partial charge >= 0.3 is 0 Å². The van der Waals surface area contributed by atoms with Crippen molar-refractivity contribution < 1.29 is 14.3 Å². The van der Waals surface area contributed by atoms with Crippen molar-refractivity contribution in [1.82, 2.24) is 4.90 Å². The number of rotatable bonds is 5. The number of carbonyl (C=O) groups excluding carboxylic acids is 1. The smallest absolute Gasteiger partial charge is 0.177 e. The van der Waals surface area contributed by atoms with Crippen LogP contribution >= 0.6 is 0 Å². The fourth-order valence-electron chi connectivity index (χ4n) is 3.30. The third-order valence-corrected chi connectivity index (χ3v) is 4.22. The average Bonchev–Trinajstić information content (AvgIpc) is 2.79. The van der Waals surface area contributed by atoms with Gasteiger partial charge in [0.15, 0.2) is 5.78 Å². The molecule has 0 amide bonds. The highest BCUT2D eigenvalue weighted by Gasteiger charge is 2.34. The van der Waals surface area contributed by atoms with Crippen molar-refractivity contribution in [2.45, 2.75) is 33.0 Å². The molecule has 1 heterocycles. The lowest BCUT2D eigenvalue weighted by Crippen LogP contribution is -2.29. The van der Waals surface area contributed by atoms with Crippen molar-refractivity contribution >= 4 is 5.78 Å². The summed E-state index contributed by atoms with van der Waals surface area (Å²) in [6, 6.07) is 4.14. The van der Waals surface area contributed by atoms with Gasteiger partial charge in [-0.2, -0.15) is 0 Å². The SMILES string of the molecule is COC1CN(CC(=O)c2c(C)cc(C)cc2C)CC1OC. The van der Waals surface area contributed by atoms with Crippen molar-refractivity contribution in [3.63, 3.8) is 0 Å². The molecule has 1 saturated heterocycles. The van der Waals surface area contributed by atoms with Crippen LogP contribution in [-0.2, 0) is 9.47 Å². The third-order valence-electron chi connectivity index (χ3n) is 4.22. The predicted molar refractivity (Wildman–Crippen MR) is 83.0 cm³/mol. The van der Waals surface area contributed by atoms with E-state index in [1.165, 1.54) is 5.56 Å². The first kappa shape index (κ1) is 16.1. The summed E-state index contributed by atoms with van der Waals surface area (Å²) in [5.41, 5.74) is 4.17. The van der Waals surface area contributed by atoms with Gasteiger partial charge in [0.05, 0.1) is 18.8 Å². The van der Waals surface area contributed by atoms with Gasteiger partial charge in [-0.15, -0.1) is 0 Å². The van der Waals surface area contributed by atoms with E-state index in [2.05, 4.69) is 24.0 Å². The molecule has 1 aliphatic rings. The Hall–Kier alpha value is -1.23. The minimum Gasteiger partial charge on any atom is -0.377 e. The maximum Gasteiger partial charge on any atom is 0.177 e. The first-order valence-electron chi connectivity index (χ1n) is 7.35. The van der Waals surface area contributed by atoms with Crippen LogP contribution < -0.4 is 0 Å². The second kappa shape index (κ2) is 6.69. The molecule has 1 aliphatic heterocycles. The number of ketones is 1. The molecule has 2 rings (SSSR count). The van der Waals surface area contributed by atoms with E-state index in [1.807, 2.05) is 13.8 Å². The van der Waals surface area contributed by atoms with Crippen LogP contribution in [0.2, 0.25) is 0 Å². The zero-order valence-corrected chi connectivity index (χ0v) is 13.6. The molecule has 0 N–H and O–H groups in total. The molecule has 2 unspecified atom stereocenters. The molecule has 21 heavy (non-hydrogen) atoms. The number of nitrogens with zero attached hydrogens (tertiary/aromatic N) is 1. The van der Waals surface area contributed by atoms with Gasteiger partial charge in [-0.25, -0.2) is 0 Å². The van der Waals surface area contributed by atoms with Crippen molar-refractivity contribution in [1.29, 1.82) is 0 Å². The molecular formula is C17H25NO3. The summed E-state index contributed by atoms with van der Waals surface area (Å²) in [4.78, 5) is 14.7. The van der Waals surface area contributed by atoms with Crippen molar-refractivity contribution in [3.8, 4) is 0 Å². The van der Waals surface area contributed by atoms with E-state index in [4.69, 9.17) is 9.47 Å². The number of Topliss-reactive ketones (excluding diaryl/α,β-unsaturated/α-hetero) is 1. The lowest BCUT2D eigenvalue weighted by molar-refractivity contribution is -0.00461. The standard InChI is InChI=1S/C17H25NO3/c1-11-6-12(2)17(13(3)7-11)14(19)8-18-9-15(20-4)16(10-18)21-5/h6-7,15-16H,8-10H2,1-5H3. The van der Waals surface area contributed by atoms with E-state index < -0.39 is 0 Å². The van der Waals surface area contributed by atoms with Crippen molar-refractivity contribution in [3.05, 3.63) is 34.4 Å². The Morgan fingerprint density at radius 2 is 1.57 bits per heavy atom. The lowest BCUT2D eigenvalue weighted by Gasteiger charge is -2.16. The van der Waals surface area contributed by atoms with E-state index >= 15 is 0 Å². The fraction of sp³-hybridized carbons (Fsp3) is 0.588. The summed E-state index contributed by atoms with van der Waals surface area (Å²) in [6.45, 7) is 7.97. The fourth-order valence-corrected chi connectivity index (χ4v) is 3.30. The van der Waals surface area contributed by atoms with E-state index in [-0.39, 0.29) is 18.0 Å². The quantitative estimate of drug-likeness (QED) is 0.779. The minimum atomic E-state index is 0.0445. The number of aryl methyl sites for hydroxylation is 3. The lowest BCUT2D eigenvalue weighted by atomic mass is 9.96. The van der Waals surface area contributed by atoms with Crippen LogP contribution in [-0.4, -0.2) is 56.7 Å². The summed E-state index contributed by atoms with van der Waals surface area (Å²) in [6.07, 6.45) is 0.0889. The molecule has 1 fully saturated rings. The van der Waals surface area contributed by atoms with Crippen LogP contribution in [0.25, 0.3) is 0 Å². The first-order valence-corrected chi connectivity index (χ1v) is 7.35. The Bertz CT molecular complexity index is 492. The summed E-state index contributed by atoms with van der Waals surface area (Å²) in [5, 5.41) is 0.